The molecule has 1 aliphatic rings. The smallest absolute Gasteiger partial charge is 0.293 e. The van der Waals surface area contributed by atoms with Gasteiger partial charge in [-0.1, -0.05) is 0 Å². The maximum absolute atomic E-state index is 12.3. The molecule has 0 spiro atoms. The first-order valence-electron chi connectivity index (χ1n) is 7.56. The van der Waals surface area contributed by atoms with Crippen molar-refractivity contribution in [2.75, 3.05) is 46.5 Å². The van der Waals surface area contributed by atoms with Gasteiger partial charge in [0.1, 0.15) is 5.75 Å². The minimum atomic E-state index is -3.95. The van der Waals surface area contributed by atoms with Crippen LogP contribution in [-0.2, 0) is 14.8 Å². The number of nitrogens with zero attached hydrogens (tertiary/aromatic N) is 2. The van der Waals surface area contributed by atoms with E-state index in [4.69, 9.17) is 9.47 Å². The molecule has 1 heterocycles. The summed E-state index contributed by atoms with van der Waals surface area (Å²) in [4.78, 5) is 12.2. The van der Waals surface area contributed by atoms with Gasteiger partial charge >= 0.3 is 0 Å². The van der Waals surface area contributed by atoms with Gasteiger partial charge in [-0.05, 0) is 25.1 Å². The molecule has 0 radical (unpaired) electrons. The standard InChI is InChI=1S/C14H21N3O6S/c1-22-12-3-4-14(13(11-12)17(18)19)24(20,21)15-5-2-6-16-7-9-23-10-8-16/h3-4,11,15H,2,5-10H2,1H3. The molecule has 1 aromatic carbocycles. The van der Waals surface area contributed by atoms with E-state index in [1.165, 1.54) is 19.2 Å². The zero-order chi connectivity index (χ0) is 17.6. The van der Waals surface area contributed by atoms with Crippen LogP contribution in [0.25, 0.3) is 0 Å². The number of methoxy groups -OCH3 is 1. The lowest BCUT2D eigenvalue weighted by atomic mass is 10.3. The molecule has 0 amide bonds. The van der Waals surface area contributed by atoms with Crippen LogP contribution < -0.4 is 9.46 Å². The average Bonchev–Trinajstić information content (AvgIpc) is 2.59. The number of rotatable bonds is 8. The molecule has 134 valence electrons. The zero-order valence-corrected chi connectivity index (χ0v) is 14.3. The van der Waals surface area contributed by atoms with Gasteiger partial charge in [0.05, 0.1) is 31.3 Å². The summed E-state index contributed by atoms with van der Waals surface area (Å²) in [6, 6.07) is 3.67. The second-order valence-corrected chi connectivity index (χ2v) is 7.03. The Hall–Kier alpha value is -1.75. The molecule has 10 heteroatoms. The van der Waals surface area contributed by atoms with Crippen LogP contribution in [0, 0.1) is 10.1 Å². The molecule has 9 nitrogen and oxygen atoms in total. The van der Waals surface area contributed by atoms with E-state index >= 15 is 0 Å². The van der Waals surface area contributed by atoms with Crippen LogP contribution in [0.1, 0.15) is 6.42 Å². The van der Waals surface area contributed by atoms with Crippen LogP contribution >= 0.6 is 0 Å². The molecular weight excluding hydrogens is 338 g/mol. The summed E-state index contributed by atoms with van der Waals surface area (Å²) in [7, 11) is -2.60. The third-order valence-corrected chi connectivity index (χ3v) is 5.21. The minimum absolute atomic E-state index is 0.211. The number of sulfonamides is 1. The molecule has 2 rings (SSSR count). The summed E-state index contributed by atoms with van der Waals surface area (Å²) in [6.07, 6.45) is 0.614. The zero-order valence-electron chi connectivity index (χ0n) is 13.4. The van der Waals surface area contributed by atoms with E-state index in [2.05, 4.69) is 9.62 Å². The highest BCUT2D eigenvalue weighted by Crippen LogP contribution is 2.28. The van der Waals surface area contributed by atoms with Crippen molar-refractivity contribution in [2.45, 2.75) is 11.3 Å². The van der Waals surface area contributed by atoms with Gasteiger partial charge in [0.2, 0.25) is 10.0 Å². The van der Waals surface area contributed by atoms with Crippen molar-refractivity contribution >= 4 is 15.7 Å². The molecule has 24 heavy (non-hydrogen) atoms. The fraction of sp³-hybridized carbons (Fsp3) is 0.571. The SMILES string of the molecule is COc1ccc(S(=O)(=O)NCCCN2CCOCC2)c([N+](=O)[O-])c1. The predicted octanol–water partition coefficient (Wildman–Crippen LogP) is 0.604. The first kappa shape index (κ1) is 18.6. The molecule has 0 unspecified atom stereocenters. The van der Waals surface area contributed by atoms with E-state index in [1.54, 1.807) is 0 Å². The highest BCUT2D eigenvalue weighted by Gasteiger charge is 2.26. The lowest BCUT2D eigenvalue weighted by molar-refractivity contribution is -0.387. The van der Waals surface area contributed by atoms with Gasteiger partial charge < -0.3 is 9.47 Å². The Morgan fingerprint density at radius 3 is 2.71 bits per heavy atom. The molecule has 0 bridgehead atoms. The number of nitrogens with one attached hydrogen (secondary N) is 1. The molecule has 1 N–H and O–H groups in total. The molecule has 1 fully saturated rings. The van der Waals surface area contributed by atoms with E-state index in [9.17, 15) is 18.5 Å². The summed E-state index contributed by atoms with van der Waals surface area (Å²) in [5.74, 6) is 0.230. The van der Waals surface area contributed by atoms with Crippen molar-refractivity contribution in [3.8, 4) is 5.75 Å². The quantitative estimate of drug-likeness (QED) is 0.411. The molecule has 0 saturated carbocycles. The van der Waals surface area contributed by atoms with Gasteiger partial charge in [0.15, 0.2) is 4.90 Å². The largest absolute Gasteiger partial charge is 0.497 e. The normalized spacial score (nSPS) is 16.0. The summed E-state index contributed by atoms with van der Waals surface area (Å²) in [5, 5.41) is 11.1. The molecule has 0 aliphatic carbocycles. The van der Waals surface area contributed by atoms with Gasteiger partial charge in [-0.3, -0.25) is 15.0 Å². The molecule has 1 saturated heterocycles. The van der Waals surface area contributed by atoms with Crippen molar-refractivity contribution in [1.82, 2.24) is 9.62 Å². The summed E-state index contributed by atoms with van der Waals surface area (Å²) >= 11 is 0. The van der Waals surface area contributed by atoms with E-state index in [0.29, 0.717) is 19.6 Å². The van der Waals surface area contributed by atoms with Crippen LogP contribution in [-0.4, -0.2) is 64.7 Å². The van der Waals surface area contributed by atoms with Crippen molar-refractivity contribution in [3.05, 3.63) is 28.3 Å². The number of morpholine rings is 1. The number of ether oxygens (including phenoxy) is 2. The van der Waals surface area contributed by atoms with Crippen LogP contribution in [0.15, 0.2) is 23.1 Å². The Morgan fingerprint density at radius 1 is 1.38 bits per heavy atom. The number of hydrogen-bond acceptors (Lipinski definition) is 7. The number of nitro groups is 1. The highest BCUT2D eigenvalue weighted by atomic mass is 32.2. The third-order valence-electron chi connectivity index (χ3n) is 3.70. The monoisotopic (exact) mass is 359 g/mol. The van der Waals surface area contributed by atoms with Gasteiger partial charge in [-0.15, -0.1) is 0 Å². The summed E-state index contributed by atoms with van der Waals surface area (Å²) in [6.45, 7) is 3.99. The number of nitro benzene ring substituents is 1. The molecular formula is C14H21N3O6S. The van der Waals surface area contributed by atoms with Gasteiger partial charge in [0, 0.05) is 19.6 Å². The molecule has 1 aliphatic heterocycles. The van der Waals surface area contributed by atoms with Crippen LogP contribution in [0.4, 0.5) is 5.69 Å². The number of benzene rings is 1. The first-order valence-corrected chi connectivity index (χ1v) is 9.04. The highest BCUT2D eigenvalue weighted by molar-refractivity contribution is 7.89. The third kappa shape index (κ3) is 4.87. The molecule has 1 aromatic rings. The Balaban J connectivity index is 1.98. The Bertz CT molecular complexity index is 673. The maximum Gasteiger partial charge on any atom is 0.293 e. The fourth-order valence-electron chi connectivity index (χ4n) is 2.41. The second-order valence-electron chi connectivity index (χ2n) is 5.30. The van der Waals surface area contributed by atoms with E-state index < -0.39 is 20.6 Å². The van der Waals surface area contributed by atoms with Crippen molar-refractivity contribution in [3.63, 3.8) is 0 Å². The van der Waals surface area contributed by atoms with Gasteiger partial charge in [0.25, 0.3) is 5.69 Å². The Kier molecular flexibility index (Phi) is 6.49. The Morgan fingerprint density at radius 2 is 2.08 bits per heavy atom. The fourth-order valence-corrected chi connectivity index (χ4v) is 3.63. The summed E-state index contributed by atoms with van der Waals surface area (Å²) in [5.41, 5.74) is -0.505. The van der Waals surface area contributed by atoms with Gasteiger partial charge in [-0.25, -0.2) is 13.1 Å². The average molecular weight is 359 g/mol. The minimum Gasteiger partial charge on any atom is -0.497 e. The molecule has 0 atom stereocenters. The van der Waals surface area contributed by atoms with Crippen LogP contribution in [0.2, 0.25) is 0 Å². The second kappa shape index (κ2) is 8.38. The van der Waals surface area contributed by atoms with Crippen molar-refractivity contribution < 1.29 is 22.8 Å². The van der Waals surface area contributed by atoms with Gasteiger partial charge in [-0.2, -0.15) is 0 Å². The first-order chi connectivity index (χ1) is 11.4. The molecule has 0 aromatic heterocycles. The lowest BCUT2D eigenvalue weighted by Crippen LogP contribution is -2.38. The number of hydrogen-bond donors (Lipinski definition) is 1. The van der Waals surface area contributed by atoms with E-state index in [0.717, 1.165) is 25.7 Å². The van der Waals surface area contributed by atoms with Crippen LogP contribution in [0.3, 0.4) is 0 Å². The predicted molar refractivity (Wildman–Crippen MR) is 86.7 cm³/mol. The maximum atomic E-state index is 12.3. The van der Waals surface area contributed by atoms with Crippen molar-refractivity contribution in [1.29, 1.82) is 0 Å². The Labute approximate surface area is 140 Å². The summed E-state index contributed by atoms with van der Waals surface area (Å²) < 4.78 is 37.2. The lowest BCUT2D eigenvalue weighted by Gasteiger charge is -2.26. The van der Waals surface area contributed by atoms with Crippen LogP contribution in [0.5, 0.6) is 5.75 Å². The van der Waals surface area contributed by atoms with E-state index in [-0.39, 0.29) is 17.2 Å². The van der Waals surface area contributed by atoms with Crippen molar-refractivity contribution in [2.24, 2.45) is 0 Å². The topological polar surface area (TPSA) is 111 Å². The van der Waals surface area contributed by atoms with E-state index in [1.807, 2.05) is 0 Å².